The predicted octanol–water partition coefficient (Wildman–Crippen LogP) is -5.91. The van der Waals surface area contributed by atoms with E-state index >= 15 is 0 Å². The summed E-state index contributed by atoms with van der Waals surface area (Å²) in [4.78, 5) is 146. The van der Waals surface area contributed by atoms with Gasteiger partial charge in [0.1, 0.15) is 60.4 Å². The Morgan fingerprint density at radius 1 is 0.544 bits per heavy atom. The summed E-state index contributed by atoms with van der Waals surface area (Å²) in [6.45, 7) is 11.7. The highest BCUT2D eigenvalue weighted by atomic mass is 16.4. The van der Waals surface area contributed by atoms with Gasteiger partial charge in [0.05, 0.1) is 6.04 Å². The van der Waals surface area contributed by atoms with Crippen LogP contribution in [0.3, 0.4) is 0 Å². The van der Waals surface area contributed by atoms with Gasteiger partial charge >= 0.3 is 5.97 Å². The van der Waals surface area contributed by atoms with Crippen molar-refractivity contribution in [2.24, 2.45) is 27.9 Å². The Hall–Kier alpha value is -6.64. The number of likely N-dealkylation sites (tertiary alicyclic amines) is 1. The van der Waals surface area contributed by atoms with Crippen LogP contribution < -0.4 is 70.8 Å². The van der Waals surface area contributed by atoms with E-state index in [-0.39, 0.29) is 38.3 Å². The van der Waals surface area contributed by atoms with E-state index in [4.69, 9.17) is 22.9 Å². The van der Waals surface area contributed by atoms with E-state index in [0.29, 0.717) is 32.2 Å². The van der Waals surface area contributed by atoms with Gasteiger partial charge in [-0.05, 0) is 107 Å². The third-order valence-corrected chi connectivity index (χ3v) is 10.7. The Labute approximate surface area is 395 Å². The Kier molecular flexibility index (Phi) is 25.5. The molecule has 10 amide bonds. The maximum Gasteiger partial charge on any atom is 0.326 e. The number of guanidine groups is 1. The van der Waals surface area contributed by atoms with E-state index < -0.39 is 132 Å². The molecule has 1 fully saturated rings. The molecule has 0 aromatic rings. The number of hydrogen-bond donors (Lipinski definition) is 14. The predicted molar refractivity (Wildman–Crippen MR) is 246 cm³/mol. The first-order valence-corrected chi connectivity index (χ1v) is 22.5. The molecular formula is C41H73N15O12. The van der Waals surface area contributed by atoms with Crippen molar-refractivity contribution in [3.63, 3.8) is 0 Å². The molecular weight excluding hydrogens is 895 g/mol. The molecule has 1 rings (SSSR count). The highest BCUT2D eigenvalue weighted by Crippen LogP contribution is 2.19. The van der Waals surface area contributed by atoms with E-state index in [1.807, 2.05) is 0 Å². The van der Waals surface area contributed by atoms with Gasteiger partial charge in [0.15, 0.2) is 5.96 Å². The lowest BCUT2D eigenvalue weighted by molar-refractivity contribution is -0.142. The second-order valence-electron chi connectivity index (χ2n) is 16.8. The molecule has 0 aromatic carbocycles. The van der Waals surface area contributed by atoms with Crippen LogP contribution in [0.15, 0.2) is 4.99 Å². The van der Waals surface area contributed by atoms with E-state index in [9.17, 15) is 57.8 Å². The lowest BCUT2D eigenvalue weighted by atomic mass is 10.1. The van der Waals surface area contributed by atoms with Crippen molar-refractivity contribution in [3.05, 3.63) is 0 Å². The summed E-state index contributed by atoms with van der Waals surface area (Å²) in [5.74, 6) is -8.46. The highest BCUT2D eigenvalue weighted by Gasteiger charge is 2.38. The van der Waals surface area contributed by atoms with Crippen LogP contribution in [-0.2, 0) is 52.7 Å². The molecule has 18 N–H and O–H groups in total. The molecule has 1 aliphatic heterocycles. The monoisotopic (exact) mass is 968 g/mol. The summed E-state index contributed by atoms with van der Waals surface area (Å²) in [6.07, 6.45) is 2.52. The zero-order chi connectivity index (χ0) is 52.0. The molecule has 1 saturated heterocycles. The summed E-state index contributed by atoms with van der Waals surface area (Å²) in [6, 6.07) is -12.4. The zero-order valence-electron chi connectivity index (χ0n) is 40.1. The molecule has 68 heavy (non-hydrogen) atoms. The van der Waals surface area contributed by atoms with E-state index in [1.165, 1.54) is 60.3 Å². The van der Waals surface area contributed by atoms with Crippen LogP contribution in [0.5, 0.6) is 0 Å². The van der Waals surface area contributed by atoms with Gasteiger partial charge < -0.3 is 80.8 Å². The van der Waals surface area contributed by atoms with E-state index in [2.05, 4.69) is 52.8 Å². The van der Waals surface area contributed by atoms with Crippen LogP contribution in [-0.4, -0.2) is 167 Å². The minimum absolute atomic E-state index is 0.0936. The fourth-order valence-corrected chi connectivity index (χ4v) is 6.43. The number of carbonyl (C=O) groups excluding carboxylic acids is 10. The number of nitrogens with two attached hydrogens (primary N) is 4. The molecule has 1 aliphatic rings. The maximum atomic E-state index is 13.5. The van der Waals surface area contributed by atoms with Gasteiger partial charge in [-0.1, -0.05) is 0 Å². The Morgan fingerprint density at radius 2 is 0.926 bits per heavy atom. The highest BCUT2D eigenvalue weighted by molar-refractivity contribution is 5.98. The lowest BCUT2D eigenvalue weighted by Gasteiger charge is -2.29. The topological polar surface area (TPSA) is 436 Å². The van der Waals surface area contributed by atoms with Crippen molar-refractivity contribution in [2.75, 3.05) is 19.6 Å². The van der Waals surface area contributed by atoms with E-state index in [0.717, 1.165) is 0 Å². The summed E-state index contributed by atoms with van der Waals surface area (Å²) >= 11 is 0. The van der Waals surface area contributed by atoms with Gasteiger partial charge in [-0.2, -0.15) is 0 Å². The molecule has 384 valence electrons. The molecule has 0 bridgehead atoms. The van der Waals surface area contributed by atoms with Crippen molar-refractivity contribution in [1.82, 2.24) is 52.8 Å². The summed E-state index contributed by atoms with van der Waals surface area (Å²) in [7, 11) is 0. The van der Waals surface area contributed by atoms with Crippen LogP contribution in [0.2, 0.25) is 0 Å². The number of aliphatic carboxylic acids is 1. The number of amides is 10. The molecule has 11 atom stereocenters. The molecule has 0 radical (unpaired) electrons. The van der Waals surface area contributed by atoms with Crippen molar-refractivity contribution >= 4 is 71.0 Å². The normalized spacial score (nSPS) is 17.6. The molecule has 0 saturated carbocycles. The molecule has 27 nitrogen and oxygen atoms in total. The standard InChI is InChI=1S/C41H73N15O12/c1-19(48-33(60)23(5)52-37(64)27(43)13-11-17-46-41(44)45)31(58)50-22(4)35(62)54-26(8)39(66)56-18-12-15-29(56)38(65)53-24(6)34(61)49-20(2)30(57)47-21(3)32(59)51-25(7)36(63)55-28(40(67)68)14-9-10-16-42/h19-29H,9-18,42-43H2,1-8H3,(H,47,57)(H,48,60)(H,49,61)(H,50,58)(H,51,59)(H,52,64)(H,53,65)(H,54,62)(H,55,63)(H,67,68)(H4,44,45,46)/t19-,20-,21-,22-,23-,24-,25-,26-,27-,28-,29-/m0/s1. The number of unbranched alkanes of at least 4 members (excludes halogenated alkanes) is 1. The minimum Gasteiger partial charge on any atom is -0.480 e. The van der Waals surface area contributed by atoms with Crippen LogP contribution in [0.25, 0.3) is 0 Å². The van der Waals surface area contributed by atoms with Gasteiger partial charge in [0.25, 0.3) is 0 Å². The molecule has 0 aromatic heterocycles. The summed E-state index contributed by atoms with van der Waals surface area (Å²) in [5.41, 5.74) is 21.8. The van der Waals surface area contributed by atoms with Crippen LogP contribution in [0, 0.1) is 0 Å². The number of carboxylic acids is 1. The lowest BCUT2D eigenvalue weighted by Crippen LogP contribution is -2.58. The number of aliphatic imine (C=N–C) groups is 1. The number of carboxylic acid groups (broad SMARTS) is 1. The van der Waals surface area contributed by atoms with Crippen LogP contribution >= 0.6 is 0 Å². The fourth-order valence-electron chi connectivity index (χ4n) is 6.43. The van der Waals surface area contributed by atoms with Crippen LogP contribution in [0.1, 0.15) is 100 Å². The fraction of sp³-hybridized carbons (Fsp3) is 0.707. The maximum absolute atomic E-state index is 13.5. The first-order chi connectivity index (χ1) is 31.7. The zero-order valence-corrected chi connectivity index (χ0v) is 40.1. The third kappa shape index (κ3) is 20.5. The summed E-state index contributed by atoms with van der Waals surface area (Å²) < 4.78 is 0. The Balaban J connectivity index is 2.65. The molecule has 0 spiro atoms. The first kappa shape index (κ1) is 59.4. The van der Waals surface area contributed by atoms with Crippen molar-refractivity contribution in [1.29, 1.82) is 0 Å². The third-order valence-electron chi connectivity index (χ3n) is 10.7. The van der Waals surface area contributed by atoms with Crippen molar-refractivity contribution in [2.45, 2.75) is 167 Å². The number of carbonyl (C=O) groups is 11. The van der Waals surface area contributed by atoms with Crippen LogP contribution in [0.4, 0.5) is 0 Å². The van der Waals surface area contributed by atoms with Crippen molar-refractivity contribution in [3.8, 4) is 0 Å². The number of rotatable bonds is 28. The quantitative estimate of drug-likeness (QED) is 0.0197. The average Bonchev–Trinajstić information content (AvgIpc) is 3.77. The SMILES string of the molecule is C[C@H](NC(=O)[C@H](C)NC(=O)[C@H](C)NC(=O)[C@@H]1CCCN1C(=O)[C@H](C)NC(=O)[C@H](C)NC(=O)[C@H](C)NC(=O)[C@H](C)NC(=O)[C@@H](N)CCCN=C(N)N)C(=O)N[C@@H](C)C(=O)N[C@@H](CCCCN)C(=O)O. The number of nitrogens with one attached hydrogen (secondary N) is 9. The molecule has 0 aliphatic carbocycles. The Bertz CT molecular complexity index is 1850. The number of nitrogens with zero attached hydrogens (tertiary/aromatic N) is 2. The Morgan fingerprint density at radius 3 is 1.32 bits per heavy atom. The van der Waals surface area contributed by atoms with Gasteiger partial charge in [-0.25, -0.2) is 4.79 Å². The molecule has 27 heteroatoms. The average molecular weight is 968 g/mol. The molecule has 0 unspecified atom stereocenters. The van der Waals surface area contributed by atoms with Gasteiger partial charge in [0.2, 0.25) is 59.1 Å². The second kappa shape index (κ2) is 29.2. The largest absolute Gasteiger partial charge is 0.480 e. The second-order valence-corrected chi connectivity index (χ2v) is 16.8. The smallest absolute Gasteiger partial charge is 0.326 e. The van der Waals surface area contributed by atoms with Gasteiger partial charge in [-0.3, -0.25) is 52.9 Å². The molecule has 1 heterocycles. The van der Waals surface area contributed by atoms with Gasteiger partial charge in [-0.15, -0.1) is 0 Å². The van der Waals surface area contributed by atoms with E-state index in [1.54, 1.807) is 0 Å². The van der Waals surface area contributed by atoms with Gasteiger partial charge in [0, 0.05) is 13.1 Å². The first-order valence-electron chi connectivity index (χ1n) is 22.5. The van der Waals surface area contributed by atoms with Crippen molar-refractivity contribution < 1.29 is 57.8 Å². The summed E-state index contributed by atoms with van der Waals surface area (Å²) in [5, 5.41) is 31.4. The number of hydrogen-bond acceptors (Lipinski definition) is 14. The minimum atomic E-state index is -1.24.